The number of fused-ring (bicyclic) bond motifs is 2. The quantitative estimate of drug-likeness (QED) is 0.128. The van der Waals surface area contributed by atoms with Crippen LogP contribution in [0.15, 0.2) is 97.2 Å². The molecule has 55 heavy (non-hydrogen) atoms. The number of aromatic nitrogens is 3. The van der Waals surface area contributed by atoms with E-state index in [1.54, 1.807) is 43.2 Å². The predicted octanol–water partition coefficient (Wildman–Crippen LogP) is 6.59. The molecule has 11 nitrogen and oxygen atoms in total. The Balaban J connectivity index is 1.19. The number of nitrogens with zero attached hydrogens (tertiary/aromatic N) is 4. The van der Waals surface area contributed by atoms with Gasteiger partial charge in [0.2, 0.25) is 0 Å². The van der Waals surface area contributed by atoms with Crippen molar-refractivity contribution in [3.8, 4) is 11.5 Å². The van der Waals surface area contributed by atoms with Crippen molar-refractivity contribution >= 4 is 48.1 Å². The first kappa shape index (κ1) is 38.3. The Morgan fingerprint density at radius 1 is 0.982 bits per heavy atom. The summed E-state index contributed by atoms with van der Waals surface area (Å²) in [6.45, 7) is 7.71. The molecular formula is C42H46ClN5O6Si. The van der Waals surface area contributed by atoms with E-state index in [1.165, 1.54) is 5.19 Å². The highest BCUT2D eigenvalue weighted by molar-refractivity contribution is 6.91. The molecule has 1 fully saturated rings. The Labute approximate surface area is 327 Å². The first-order valence-electron chi connectivity index (χ1n) is 18.5. The molecule has 0 bridgehead atoms. The average molecular weight is 780 g/mol. The van der Waals surface area contributed by atoms with Gasteiger partial charge in [-0.3, -0.25) is 14.3 Å². The lowest BCUT2D eigenvalue weighted by Crippen LogP contribution is -2.51. The largest absolute Gasteiger partial charge is 0.497 e. The van der Waals surface area contributed by atoms with Crippen LogP contribution in [0.2, 0.25) is 23.7 Å². The van der Waals surface area contributed by atoms with E-state index in [4.69, 9.17) is 25.8 Å². The number of rotatable bonds is 13. The molecule has 1 saturated heterocycles. The first-order valence-corrected chi connectivity index (χ1v) is 21.9. The number of ether oxygens (including phenoxy) is 3. The summed E-state index contributed by atoms with van der Waals surface area (Å²) >= 11 is 6.70. The Morgan fingerprint density at radius 2 is 1.65 bits per heavy atom. The number of benzene rings is 4. The van der Waals surface area contributed by atoms with Crippen LogP contribution in [0.4, 0.5) is 11.4 Å². The first-order chi connectivity index (χ1) is 26.5. The molecule has 0 unspecified atom stereocenters. The van der Waals surface area contributed by atoms with Gasteiger partial charge in [0.05, 0.1) is 46.3 Å². The zero-order chi connectivity index (χ0) is 38.9. The Bertz CT molecular complexity index is 2160. The molecule has 4 atom stereocenters. The molecule has 2 aliphatic heterocycles. The van der Waals surface area contributed by atoms with Gasteiger partial charge in [-0.05, 0) is 84.3 Å². The molecule has 7 rings (SSSR count). The third-order valence-corrected chi connectivity index (χ3v) is 15.9. The van der Waals surface area contributed by atoms with Crippen molar-refractivity contribution in [3.05, 3.63) is 125 Å². The zero-order valence-electron chi connectivity index (χ0n) is 31.7. The van der Waals surface area contributed by atoms with E-state index >= 15 is 4.79 Å². The maximum atomic E-state index is 15.2. The number of aliphatic hydroxyl groups excluding tert-OH is 1. The van der Waals surface area contributed by atoms with Crippen molar-refractivity contribution in [3.63, 3.8) is 0 Å². The summed E-state index contributed by atoms with van der Waals surface area (Å²) in [7, 11) is 0.886. The molecule has 2 amide bonds. The molecule has 2 aliphatic rings. The Morgan fingerprint density at radius 3 is 2.31 bits per heavy atom. The maximum Gasteiger partial charge on any atom is 0.264 e. The van der Waals surface area contributed by atoms with Crippen LogP contribution in [0.3, 0.4) is 0 Å². The SMILES string of the molecule is COc1ccc(C(=O)Nc2ccc(CN3C(=O)[C@]4(O[C@H](CCn5cc(CCO)nn5)[C@@H]([Si](C)(C)c5ccc(OC)cc5)[C@@H]4C)c4cc(Cl)ccc43)cc2)cc1. The Hall–Kier alpha value is -5.01. The summed E-state index contributed by atoms with van der Waals surface area (Å²) in [5.74, 6) is 0.916. The summed E-state index contributed by atoms with van der Waals surface area (Å²) < 4.78 is 19.7. The molecule has 0 radical (unpaired) electrons. The Kier molecular flexibility index (Phi) is 10.9. The minimum atomic E-state index is -2.36. The van der Waals surface area contributed by atoms with Crippen molar-refractivity contribution < 1.29 is 28.9 Å². The second kappa shape index (κ2) is 15.6. The molecule has 0 saturated carbocycles. The number of aryl methyl sites for hydroxylation is 1. The van der Waals surface area contributed by atoms with Crippen LogP contribution in [-0.2, 0) is 34.6 Å². The van der Waals surface area contributed by atoms with Crippen molar-refractivity contribution in [2.75, 3.05) is 31.0 Å². The lowest BCUT2D eigenvalue weighted by atomic mass is 9.82. The van der Waals surface area contributed by atoms with Gasteiger partial charge >= 0.3 is 0 Å². The van der Waals surface area contributed by atoms with E-state index in [1.807, 2.05) is 65.7 Å². The van der Waals surface area contributed by atoms with Crippen LogP contribution in [0.25, 0.3) is 0 Å². The summed E-state index contributed by atoms with van der Waals surface area (Å²) in [5.41, 5.74) is 3.09. The van der Waals surface area contributed by atoms with Crippen LogP contribution < -0.4 is 24.9 Å². The standard InChI is InChI=1S/C42H46ClN5O6Si/c1-27-39(55(4,5)35-17-15-34(53-3)16-18-35)38(20-22-47-26-32(21-23-49)45-46-47)54-42(27)36-24-30(43)10-19-37(36)48(41(42)51)25-28-6-11-31(12-7-28)44-40(50)29-8-13-33(52-2)14-9-29/h6-19,24,26-27,38-39,49H,20-23,25H2,1-5H3,(H,44,50)/t27-,38+,39-,42+/m0/s1. The molecule has 4 aromatic carbocycles. The maximum absolute atomic E-state index is 15.2. The number of aliphatic hydroxyl groups is 1. The van der Waals surface area contributed by atoms with Crippen LogP contribution >= 0.6 is 11.6 Å². The number of amides is 2. The number of nitrogens with one attached hydrogen (secondary N) is 1. The van der Waals surface area contributed by atoms with Gasteiger partial charge in [0.1, 0.15) is 11.5 Å². The smallest absolute Gasteiger partial charge is 0.264 e. The number of hydrogen-bond acceptors (Lipinski definition) is 8. The van der Waals surface area contributed by atoms with Crippen LogP contribution in [0.5, 0.6) is 11.5 Å². The van der Waals surface area contributed by atoms with E-state index in [0.717, 1.165) is 28.3 Å². The fourth-order valence-corrected chi connectivity index (χ4v) is 12.7. The molecule has 1 aromatic heterocycles. The zero-order valence-corrected chi connectivity index (χ0v) is 33.4. The molecule has 13 heteroatoms. The van der Waals surface area contributed by atoms with E-state index in [2.05, 4.69) is 47.8 Å². The van der Waals surface area contributed by atoms with Gasteiger partial charge in [-0.25, -0.2) is 0 Å². The van der Waals surface area contributed by atoms with Crippen molar-refractivity contribution in [2.45, 2.75) is 63.2 Å². The van der Waals surface area contributed by atoms with Gasteiger partial charge in [0.15, 0.2) is 5.60 Å². The van der Waals surface area contributed by atoms with Crippen LogP contribution in [-0.4, -0.2) is 66.9 Å². The number of carbonyl (C=O) groups excluding carboxylic acids is 2. The topological polar surface area (TPSA) is 128 Å². The van der Waals surface area contributed by atoms with E-state index in [-0.39, 0.29) is 36.0 Å². The number of hydrogen-bond donors (Lipinski definition) is 2. The summed E-state index contributed by atoms with van der Waals surface area (Å²) in [6, 6.07) is 28.4. The van der Waals surface area contributed by atoms with Crippen molar-refractivity contribution in [1.29, 1.82) is 0 Å². The fraction of sp³-hybridized carbons (Fsp3) is 0.333. The van der Waals surface area contributed by atoms with Gasteiger partial charge in [-0.2, -0.15) is 0 Å². The monoisotopic (exact) mass is 779 g/mol. The normalized spacial score (nSPS) is 20.5. The molecule has 286 valence electrons. The molecule has 3 heterocycles. The van der Waals surface area contributed by atoms with Gasteiger partial charge in [0, 0.05) is 53.5 Å². The lowest BCUT2D eigenvalue weighted by molar-refractivity contribution is -0.146. The van der Waals surface area contributed by atoms with Crippen molar-refractivity contribution in [1.82, 2.24) is 15.0 Å². The van der Waals surface area contributed by atoms with Crippen LogP contribution in [0.1, 0.15) is 40.5 Å². The molecular weight excluding hydrogens is 734 g/mol. The van der Waals surface area contributed by atoms with E-state index < -0.39 is 13.7 Å². The fourth-order valence-electron chi connectivity index (χ4n) is 8.47. The second-order valence-corrected chi connectivity index (χ2v) is 19.9. The van der Waals surface area contributed by atoms with Gasteiger partial charge in [-0.15, -0.1) is 5.10 Å². The second-order valence-electron chi connectivity index (χ2n) is 14.8. The third-order valence-electron chi connectivity index (χ3n) is 11.3. The van der Waals surface area contributed by atoms with E-state index in [9.17, 15) is 9.90 Å². The highest BCUT2D eigenvalue weighted by atomic mass is 35.5. The number of methoxy groups -OCH3 is 2. The summed E-state index contributed by atoms with van der Waals surface area (Å²) in [5, 5.41) is 22.7. The summed E-state index contributed by atoms with van der Waals surface area (Å²) in [4.78, 5) is 29.9. The minimum Gasteiger partial charge on any atom is -0.497 e. The summed E-state index contributed by atoms with van der Waals surface area (Å²) in [6.07, 6.45) is 2.62. The van der Waals surface area contributed by atoms with Gasteiger partial charge in [0.25, 0.3) is 11.8 Å². The molecule has 2 N–H and O–H groups in total. The predicted molar refractivity (Wildman–Crippen MR) is 215 cm³/mol. The number of carbonyl (C=O) groups is 2. The van der Waals surface area contributed by atoms with Gasteiger partial charge in [-0.1, -0.05) is 66.3 Å². The molecule has 5 aromatic rings. The highest BCUT2D eigenvalue weighted by Crippen LogP contribution is 2.60. The average Bonchev–Trinajstić information content (AvgIpc) is 3.84. The minimum absolute atomic E-state index is 0.0000637. The van der Waals surface area contributed by atoms with Crippen molar-refractivity contribution in [2.24, 2.45) is 5.92 Å². The van der Waals surface area contributed by atoms with E-state index in [0.29, 0.717) is 48.0 Å². The highest BCUT2D eigenvalue weighted by Gasteiger charge is 2.66. The molecule has 0 aliphatic carbocycles. The number of anilines is 2. The lowest BCUT2D eigenvalue weighted by Gasteiger charge is -2.37. The molecule has 1 spiro atoms. The number of halogens is 1. The third kappa shape index (κ3) is 7.27. The van der Waals surface area contributed by atoms with Crippen LogP contribution in [0, 0.1) is 5.92 Å². The van der Waals surface area contributed by atoms with Gasteiger partial charge < -0.3 is 29.5 Å².